The molecular weight excluding hydrogens is 496 g/mol. The highest BCUT2D eigenvalue weighted by atomic mass is 16.6. The number of esters is 1. The molecule has 2 aliphatic heterocycles. The fourth-order valence-corrected chi connectivity index (χ4v) is 5.93. The van der Waals surface area contributed by atoms with Crippen LogP contribution < -0.4 is 15.0 Å². The number of fused-ring (bicyclic) bond motifs is 6. The van der Waals surface area contributed by atoms with Gasteiger partial charge in [-0.25, -0.2) is 4.79 Å². The summed E-state index contributed by atoms with van der Waals surface area (Å²) in [4.78, 5) is 16.2. The minimum Gasteiger partial charge on any atom is -0.456 e. The molecule has 40 heavy (non-hydrogen) atoms. The molecule has 0 unspecified atom stereocenters. The number of nitrogens with one attached hydrogen (secondary N) is 1. The number of benzene rings is 4. The standard InChI is InChI=1S/C35H36N2O3/c1-4-6-21-37(22-7-5-2)25-20-19-24(3)30(23-25)36-29-16-12-15-28-33(29)34(38)40-35(28)26-13-8-10-17-31(26)39-32-18-11-9-14-27(32)35/h8-20,23,36H,4-7,21-22H2,1-3H3. The highest BCUT2D eigenvalue weighted by molar-refractivity contribution is 6.03. The van der Waals surface area contributed by atoms with Crippen molar-refractivity contribution < 1.29 is 14.3 Å². The van der Waals surface area contributed by atoms with Gasteiger partial charge in [0.2, 0.25) is 0 Å². The maximum Gasteiger partial charge on any atom is 0.342 e. The van der Waals surface area contributed by atoms with Crippen molar-refractivity contribution in [2.45, 2.75) is 52.1 Å². The van der Waals surface area contributed by atoms with Crippen LogP contribution in [0.5, 0.6) is 11.5 Å². The Labute approximate surface area is 236 Å². The molecule has 0 fully saturated rings. The molecule has 2 aliphatic rings. The van der Waals surface area contributed by atoms with Crippen molar-refractivity contribution in [3.8, 4) is 11.5 Å². The van der Waals surface area contributed by atoms with Crippen LogP contribution in [0.1, 0.15) is 72.1 Å². The van der Waals surface area contributed by atoms with E-state index in [0.29, 0.717) is 17.1 Å². The third-order valence-corrected chi connectivity index (χ3v) is 8.07. The summed E-state index contributed by atoms with van der Waals surface area (Å²) in [6, 6.07) is 28.2. The summed E-state index contributed by atoms with van der Waals surface area (Å²) in [6.45, 7) is 8.64. The number of hydrogen-bond acceptors (Lipinski definition) is 5. The third kappa shape index (κ3) is 4.30. The van der Waals surface area contributed by atoms with Gasteiger partial charge in [-0.15, -0.1) is 0 Å². The molecule has 0 atom stereocenters. The average molecular weight is 533 g/mol. The van der Waals surface area contributed by atoms with E-state index in [4.69, 9.17) is 9.47 Å². The first-order valence-corrected chi connectivity index (χ1v) is 14.4. The molecule has 6 rings (SSSR count). The predicted molar refractivity (Wildman–Crippen MR) is 161 cm³/mol. The molecule has 5 nitrogen and oxygen atoms in total. The largest absolute Gasteiger partial charge is 0.456 e. The van der Waals surface area contributed by atoms with Crippen molar-refractivity contribution in [1.82, 2.24) is 0 Å². The predicted octanol–water partition coefficient (Wildman–Crippen LogP) is 8.71. The molecule has 1 spiro atoms. The van der Waals surface area contributed by atoms with Crippen LogP contribution in [0.4, 0.5) is 17.1 Å². The van der Waals surface area contributed by atoms with Gasteiger partial charge in [-0.2, -0.15) is 0 Å². The fourth-order valence-electron chi connectivity index (χ4n) is 5.93. The quantitative estimate of drug-likeness (QED) is 0.219. The zero-order valence-corrected chi connectivity index (χ0v) is 23.5. The Morgan fingerprint density at radius 1 is 0.750 bits per heavy atom. The summed E-state index contributed by atoms with van der Waals surface area (Å²) < 4.78 is 12.6. The molecule has 0 saturated carbocycles. The molecule has 4 aromatic carbocycles. The van der Waals surface area contributed by atoms with Gasteiger partial charge in [0.15, 0.2) is 5.60 Å². The molecule has 0 saturated heterocycles. The number of carbonyl (C=O) groups is 1. The zero-order chi connectivity index (χ0) is 27.7. The maximum absolute atomic E-state index is 13.8. The van der Waals surface area contributed by atoms with E-state index in [9.17, 15) is 4.79 Å². The van der Waals surface area contributed by atoms with Gasteiger partial charge >= 0.3 is 5.97 Å². The average Bonchev–Trinajstić information content (AvgIpc) is 3.28. The van der Waals surface area contributed by atoms with Crippen LogP contribution in [0.2, 0.25) is 0 Å². The molecule has 0 aliphatic carbocycles. The minimum atomic E-state index is -1.07. The van der Waals surface area contributed by atoms with Crippen LogP contribution in [0.25, 0.3) is 0 Å². The third-order valence-electron chi connectivity index (χ3n) is 8.07. The second-order valence-electron chi connectivity index (χ2n) is 10.7. The number of para-hydroxylation sites is 2. The van der Waals surface area contributed by atoms with Gasteiger partial charge in [0.1, 0.15) is 11.5 Å². The van der Waals surface area contributed by atoms with Crippen molar-refractivity contribution in [3.05, 3.63) is 113 Å². The lowest BCUT2D eigenvalue weighted by Crippen LogP contribution is -2.32. The highest BCUT2D eigenvalue weighted by Crippen LogP contribution is 2.56. The minimum absolute atomic E-state index is 0.342. The van der Waals surface area contributed by atoms with E-state index >= 15 is 0 Å². The lowest BCUT2D eigenvalue weighted by Gasteiger charge is -2.36. The van der Waals surface area contributed by atoms with Crippen molar-refractivity contribution in [2.75, 3.05) is 23.3 Å². The number of aryl methyl sites for hydroxylation is 1. The lowest BCUT2D eigenvalue weighted by atomic mass is 9.77. The molecule has 2 heterocycles. The first-order chi connectivity index (χ1) is 19.6. The molecule has 1 N–H and O–H groups in total. The van der Waals surface area contributed by atoms with Crippen molar-refractivity contribution >= 4 is 23.0 Å². The lowest BCUT2D eigenvalue weighted by molar-refractivity contribution is 0.0225. The Bertz CT molecular complexity index is 1510. The van der Waals surface area contributed by atoms with E-state index in [1.165, 1.54) is 5.69 Å². The number of hydrogen-bond donors (Lipinski definition) is 1. The van der Waals surface area contributed by atoms with Crippen LogP contribution in [0.15, 0.2) is 84.9 Å². The molecule has 0 bridgehead atoms. The van der Waals surface area contributed by atoms with Crippen molar-refractivity contribution in [1.29, 1.82) is 0 Å². The topological polar surface area (TPSA) is 50.8 Å². The van der Waals surface area contributed by atoms with Gasteiger partial charge in [0, 0.05) is 41.2 Å². The molecule has 0 aromatic heterocycles. The van der Waals surface area contributed by atoms with Gasteiger partial charge in [-0.1, -0.05) is 81.3 Å². The molecule has 0 amide bonds. The molecule has 5 heteroatoms. The van der Waals surface area contributed by atoms with Crippen molar-refractivity contribution in [3.63, 3.8) is 0 Å². The Balaban J connectivity index is 1.43. The van der Waals surface area contributed by atoms with Gasteiger partial charge in [-0.3, -0.25) is 0 Å². The second kappa shape index (κ2) is 10.7. The number of nitrogens with zero attached hydrogens (tertiary/aromatic N) is 1. The number of ether oxygens (including phenoxy) is 2. The summed E-state index contributed by atoms with van der Waals surface area (Å²) >= 11 is 0. The molecule has 204 valence electrons. The van der Waals surface area contributed by atoms with Crippen LogP contribution in [-0.4, -0.2) is 19.1 Å². The highest BCUT2D eigenvalue weighted by Gasteiger charge is 2.54. The summed E-state index contributed by atoms with van der Waals surface area (Å²) in [5, 5.41) is 3.62. The van der Waals surface area contributed by atoms with Crippen LogP contribution >= 0.6 is 0 Å². The monoisotopic (exact) mass is 532 g/mol. The van der Waals surface area contributed by atoms with E-state index in [-0.39, 0.29) is 5.97 Å². The van der Waals surface area contributed by atoms with E-state index in [2.05, 4.69) is 49.2 Å². The van der Waals surface area contributed by atoms with E-state index in [1.807, 2.05) is 66.7 Å². The number of unbranched alkanes of at least 4 members (excludes halogenated alkanes) is 2. The first-order valence-electron chi connectivity index (χ1n) is 14.4. The maximum atomic E-state index is 13.8. The second-order valence-corrected chi connectivity index (χ2v) is 10.7. The molecular formula is C35H36N2O3. The van der Waals surface area contributed by atoms with Gasteiger partial charge in [0.25, 0.3) is 0 Å². The van der Waals surface area contributed by atoms with Gasteiger partial charge in [0.05, 0.1) is 11.3 Å². The van der Waals surface area contributed by atoms with Gasteiger partial charge in [-0.05, 0) is 55.7 Å². The number of anilines is 3. The van der Waals surface area contributed by atoms with E-state index < -0.39 is 5.60 Å². The molecule has 4 aromatic rings. The Hall–Kier alpha value is -4.25. The summed E-state index contributed by atoms with van der Waals surface area (Å²) in [5.74, 6) is 1.05. The Morgan fingerprint density at radius 2 is 1.38 bits per heavy atom. The Morgan fingerprint density at radius 3 is 2.02 bits per heavy atom. The fraction of sp³-hybridized carbons (Fsp3) is 0.286. The van der Waals surface area contributed by atoms with E-state index in [1.54, 1.807) is 0 Å². The SMILES string of the molecule is CCCCN(CCCC)c1ccc(C)c(Nc2cccc3c2C(=O)OC32c3ccccc3Oc3ccccc32)c1. The summed E-state index contributed by atoms with van der Waals surface area (Å²) in [7, 11) is 0. The van der Waals surface area contributed by atoms with Crippen molar-refractivity contribution in [2.24, 2.45) is 0 Å². The first kappa shape index (κ1) is 26.0. The molecule has 0 radical (unpaired) electrons. The van der Waals surface area contributed by atoms with Crippen LogP contribution in [0.3, 0.4) is 0 Å². The zero-order valence-electron chi connectivity index (χ0n) is 23.5. The Kier molecular flexibility index (Phi) is 6.97. The smallest absolute Gasteiger partial charge is 0.342 e. The number of carbonyl (C=O) groups excluding carboxylic acids is 1. The summed E-state index contributed by atoms with van der Waals surface area (Å²) in [6.07, 6.45) is 4.65. The van der Waals surface area contributed by atoms with Crippen LogP contribution in [0, 0.1) is 6.92 Å². The normalized spacial score (nSPS) is 14.1. The van der Waals surface area contributed by atoms with E-state index in [0.717, 1.165) is 72.4 Å². The number of rotatable bonds is 9. The van der Waals surface area contributed by atoms with Crippen LogP contribution in [-0.2, 0) is 10.3 Å². The summed E-state index contributed by atoms with van der Waals surface area (Å²) in [5.41, 5.74) is 6.05. The van der Waals surface area contributed by atoms with Gasteiger partial charge < -0.3 is 19.7 Å².